The Morgan fingerprint density at radius 3 is 2.64 bits per heavy atom. The van der Waals surface area contributed by atoms with Crippen LogP contribution in [0.4, 0.5) is 5.13 Å². The van der Waals surface area contributed by atoms with Crippen LogP contribution in [0.25, 0.3) is 10.2 Å². The zero-order valence-electron chi connectivity index (χ0n) is 20.2. The van der Waals surface area contributed by atoms with Gasteiger partial charge in [-0.05, 0) is 55.3 Å². The average molecular weight is 552 g/mol. The molecule has 0 aliphatic carbocycles. The van der Waals surface area contributed by atoms with Crippen LogP contribution in [-0.2, 0) is 19.4 Å². The summed E-state index contributed by atoms with van der Waals surface area (Å²) in [6.45, 7) is 4.59. The van der Waals surface area contributed by atoms with Crippen LogP contribution < -0.4 is 9.64 Å². The van der Waals surface area contributed by atoms with Crippen LogP contribution in [0.15, 0.2) is 47.4 Å². The predicted octanol–water partition coefficient (Wildman–Crippen LogP) is 4.27. The summed E-state index contributed by atoms with van der Waals surface area (Å²) in [6, 6.07) is 11.7. The molecule has 0 radical (unpaired) electrons. The minimum absolute atomic E-state index is 0.112. The third kappa shape index (κ3) is 6.95. The van der Waals surface area contributed by atoms with Gasteiger partial charge in [0, 0.05) is 37.6 Å². The molecule has 0 atom stereocenters. The highest BCUT2D eigenvalue weighted by Gasteiger charge is 2.22. The maximum absolute atomic E-state index is 13.3. The number of aromatic nitrogens is 1. The highest BCUT2D eigenvalue weighted by atomic mass is 35.5. The van der Waals surface area contributed by atoms with E-state index in [4.69, 9.17) is 26.1 Å². The number of sulfone groups is 1. The Hall–Kier alpha value is -2.24. The third-order valence-corrected chi connectivity index (χ3v) is 9.16. The van der Waals surface area contributed by atoms with Gasteiger partial charge in [0.25, 0.3) is 0 Å². The lowest BCUT2D eigenvalue weighted by Crippen LogP contribution is -2.39. The molecule has 0 spiro atoms. The van der Waals surface area contributed by atoms with Crippen molar-refractivity contribution in [1.29, 1.82) is 0 Å². The fourth-order valence-corrected chi connectivity index (χ4v) is 6.52. The van der Waals surface area contributed by atoms with Crippen molar-refractivity contribution in [3.8, 4) is 5.75 Å². The van der Waals surface area contributed by atoms with Gasteiger partial charge in [-0.2, -0.15) is 0 Å². The number of fused-ring (bicyclic) bond motifs is 1. The Balaban J connectivity index is 1.44. The van der Waals surface area contributed by atoms with E-state index in [0.29, 0.717) is 16.7 Å². The normalized spacial score (nSPS) is 14.7. The first-order valence-electron chi connectivity index (χ1n) is 11.9. The molecule has 0 unspecified atom stereocenters. The monoisotopic (exact) mass is 551 g/mol. The molecular weight excluding hydrogens is 522 g/mol. The maximum Gasteiger partial charge on any atom is 0.228 e. The second-order valence-corrected chi connectivity index (χ2v) is 12.1. The van der Waals surface area contributed by atoms with Crippen molar-refractivity contribution in [3.05, 3.63) is 47.5 Å². The number of anilines is 1. The number of hydrogen-bond acceptors (Lipinski definition) is 8. The van der Waals surface area contributed by atoms with Crippen LogP contribution in [0.1, 0.15) is 19.3 Å². The molecule has 11 heteroatoms. The van der Waals surface area contributed by atoms with E-state index in [9.17, 15) is 13.2 Å². The molecule has 0 N–H and O–H groups in total. The zero-order chi connectivity index (χ0) is 25.5. The van der Waals surface area contributed by atoms with E-state index >= 15 is 0 Å². The number of methoxy groups -OCH3 is 1. The molecule has 4 rings (SSSR count). The first-order valence-corrected chi connectivity index (χ1v) is 14.7. The molecule has 194 valence electrons. The summed E-state index contributed by atoms with van der Waals surface area (Å²) in [5, 5.41) is 1.09. The number of benzene rings is 2. The first kappa shape index (κ1) is 26.8. The number of carbonyl (C=O) groups is 1. The standard InChI is InChI=1S/C25H30ClN3O5S2/c1-33-20-7-10-22-23(18-20)35-25(27-22)29(12-3-11-28-13-15-34-16-14-28)24(30)4-2-17-36(31,32)21-8-5-19(26)6-9-21/h5-10,18H,2-4,11-17H2,1H3. The highest BCUT2D eigenvalue weighted by molar-refractivity contribution is 7.91. The number of nitrogens with zero attached hydrogens (tertiary/aromatic N) is 3. The number of morpholine rings is 1. The molecule has 0 bridgehead atoms. The topological polar surface area (TPSA) is 89.0 Å². The molecule has 1 aliphatic heterocycles. The van der Waals surface area contributed by atoms with E-state index in [0.717, 1.165) is 55.2 Å². The summed E-state index contributed by atoms with van der Waals surface area (Å²) in [5.74, 6) is 0.489. The van der Waals surface area contributed by atoms with Crippen LogP contribution in [-0.4, -0.2) is 76.5 Å². The Morgan fingerprint density at radius 1 is 1.17 bits per heavy atom. The van der Waals surface area contributed by atoms with Crippen LogP contribution in [0.2, 0.25) is 5.02 Å². The summed E-state index contributed by atoms with van der Waals surface area (Å²) >= 11 is 7.31. The van der Waals surface area contributed by atoms with E-state index < -0.39 is 9.84 Å². The van der Waals surface area contributed by atoms with Gasteiger partial charge in [-0.15, -0.1) is 0 Å². The van der Waals surface area contributed by atoms with Gasteiger partial charge in [-0.3, -0.25) is 14.6 Å². The lowest BCUT2D eigenvalue weighted by molar-refractivity contribution is -0.118. The summed E-state index contributed by atoms with van der Waals surface area (Å²) in [6.07, 6.45) is 1.13. The molecule has 1 amide bonds. The van der Waals surface area contributed by atoms with Crippen molar-refractivity contribution in [1.82, 2.24) is 9.88 Å². The van der Waals surface area contributed by atoms with E-state index in [1.54, 1.807) is 24.1 Å². The largest absolute Gasteiger partial charge is 0.497 e. The Morgan fingerprint density at radius 2 is 1.92 bits per heavy atom. The molecule has 1 aromatic heterocycles. The molecule has 36 heavy (non-hydrogen) atoms. The molecule has 1 aliphatic rings. The first-order chi connectivity index (χ1) is 17.4. The van der Waals surface area contributed by atoms with E-state index in [1.165, 1.54) is 23.5 Å². The van der Waals surface area contributed by atoms with E-state index in [1.807, 2.05) is 18.2 Å². The number of carbonyl (C=O) groups excluding carboxylic acids is 1. The van der Waals surface area contributed by atoms with Crippen molar-refractivity contribution in [3.63, 3.8) is 0 Å². The quantitative estimate of drug-likeness (QED) is 0.351. The van der Waals surface area contributed by atoms with Gasteiger partial charge in [0.15, 0.2) is 15.0 Å². The number of thiazole rings is 1. The summed E-state index contributed by atoms with van der Waals surface area (Å²) < 4.78 is 37.0. The maximum atomic E-state index is 13.3. The van der Waals surface area contributed by atoms with Gasteiger partial charge >= 0.3 is 0 Å². The van der Waals surface area contributed by atoms with Gasteiger partial charge in [0.1, 0.15) is 5.75 Å². The number of rotatable bonds is 11. The third-order valence-electron chi connectivity index (χ3n) is 6.05. The van der Waals surface area contributed by atoms with Crippen molar-refractivity contribution < 1.29 is 22.7 Å². The number of hydrogen-bond donors (Lipinski definition) is 0. The number of halogens is 1. The predicted molar refractivity (Wildman–Crippen MR) is 143 cm³/mol. The van der Waals surface area contributed by atoms with Gasteiger partial charge in [-0.25, -0.2) is 13.4 Å². The van der Waals surface area contributed by atoms with Crippen LogP contribution in [0.5, 0.6) is 5.75 Å². The average Bonchev–Trinajstić information content (AvgIpc) is 3.30. The second kappa shape index (κ2) is 12.3. The lowest BCUT2D eigenvalue weighted by Gasteiger charge is -2.27. The van der Waals surface area contributed by atoms with Crippen LogP contribution in [0, 0.1) is 0 Å². The van der Waals surface area contributed by atoms with Gasteiger partial charge in [0.05, 0.1) is 41.2 Å². The van der Waals surface area contributed by atoms with Gasteiger partial charge < -0.3 is 9.47 Å². The van der Waals surface area contributed by atoms with Crippen LogP contribution in [0.3, 0.4) is 0 Å². The Kier molecular flexibility index (Phi) is 9.19. The van der Waals surface area contributed by atoms with Crippen molar-refractivity contribution >= 4 is 54.0 Å². The zero-order valence-corrected chi connectivity index (χ0v) is 22.6. The lowest BCUT2D eigenvalue weighted by atomic mass is 10.2. The molecule has 8 nitrogen and oxygen atoms in total. The minimum atomic E-state index is -3.50. The summed E-state index contributed by atoms with van der Waals surface area (Å²) in [4.78, 5) is 22.2. The summed E-state index contributed by atoms with van der Waals surface area (Å²) in [7, 11) is -1.88. The molecule has 3 aromatic rings. The van der Waals surface area contributed by atoms with E-state index in [2.05, 4.69) is 4.90 Å². The SMILES string of the molecule is COc1ccc2nc(N(CCCN3CCOCC3)C(=O)CCCS(=O)(=O)c3ccc(Cl)cc3)sc2c1. The molecule has 0 saturated carbocycles. The molecule has 2 heterocycles. The fraction of sp³-hybridized carbons (Fsp3) is 0.440. The van der Waals surface area contributed by atoms with Crippen molar-refractivity contribution in [2.45, 2.75) is 24.2 Å². The number of amides is 1. The Labute approximate surface area is 220 Å². The second-order valence-electron chi connectivity index (χ2n) is 8.56. The molecule has 1 fully saturated rings. The summed E-state index contributed by atoms with van der Waals surface area (Å²) in [5.41, 5.74) is 0.798. The fourth-order valence-electron chi connectivity index (χ4n) is 4.05. The molecular formula is C25H30ClN3O5S2. The highest BCUT2D eigenvalue weighted by Crippen LogP contribution is 2.32. The smallest absolute Gasteiger partial charge is 0.228 e. The minimum Gasteiger partial charge on any atom is -0.497 e. The van der Waals surface area contributed by atoms with Crippen molar-refractivity contribution in [2.24, 2.45) is 0 Å². The van der Waals surface area contributed by atoms with Crippen LogP contribution >= 0.6 is 22.9 Å². The molecule has 1 saturated heterocycles. The molecule has 2 aromatic carbocycles. The van der Waals surface area contributed by atoms with Gasteiger partial charge in [-0.1, -0.05) is 22.9 Å². The van der Waals surface area contributed by atoms with Crippen molar-refractivity contribution in [2.75, 3.05) is 57.2 Å². The number of ether oxygens (including phenoxy) is 2. The van der Waals surface area contributed by atoms with E-state index in [-0.39, 0.29) is 29.4 Å². The Bertz CT molecular complexity index is 1270. The van der Waals surface area contributed by atoms with Gasteiger partial charge in [0.2, 0.25) is 5.91 Å².